The minimum Gasteiger partial charge on any atom is -0.367 e. The molecule has 0 aliphatic heterocycles. The SMILES string of the molecule is O=C(NCCNc1ccc(-n2cccc2)nn1)c1cc(-c2cccs2)on1. The van der Waals surface area contributed by atoms with Crippen molar-refractivity contribution >= 4 is 23.1 Å². The number of carbonyl (C=O) groups is 1. The number of hydrogen-bond donors (Lipinski definition) is 2. The molecule has 0 spiro atoms. The number of thiophene rings is 1. The van der Waals surface area contributed by atoms with Gasteiger partial charge in [0.2, 0.25) is 0 Å². The molecule has 2 N–H and O–H groups in total. The van der Waals surface area contributed by atoms with Crippen LogP contribution < -0.4 is 10.6 Å². The van der Waals surface area contributed by atoms with E-state index in [4.69, 9.17) is 4.52 Å². The first kappa shape index (κ1) is 17.0. The highest BCUT2D eigenvalue weighted by Gasteiger charge is 2.13. The van der Waals surface area contributed by atoms with Gasteiger partial charge in [-0.2, -0.15) is 0 Å². The minimum atomic E-state index is -0.280. The Balaban J connectivity index is 1.24. The average molecular weight is 380 g/mol. The van der Waals surface area contributed by atoms with Gasteiger partial charge in [-0.05, 0) is 35.7 Å². The molecule has 0 saturated carbocycles. The lowest BCUT2D eigenvalue weighted by Crippen LogP contribution is -2.29. The standard InChI is InChI=1S/C18H16N6O2S/c25-18(13-12-14(26-23-13)15-4-3-11-27-15)20-8-7-19-16-5-6-17(22-21-16)24-9-1-2-10-24/h1-6,9-12H,7-8H2,(H,19,21)(H,20,25). The number of amides is 1. The molecule has 0 fully saturated rings. The van der Waals surface area contributed by atoms with Crippen molar-refractivity contribution < 1.29 is 9.32 Å². The summed E-state index contributed by atoms with van der Waals surface area (Å²) >= 11 is 1.53. The smallest absolute Gasteiger partial charge is 0.273 e. The Labute approximate surface area is 158 Å². The normalized spacial score (nSPS) is 10.7. The summed E-state index contributed by atoms with van der Waals surface area (Å²) in [7, 11) is 0. The molecule has 4 aromatic rings. The first-order valence-corrected chi connectivity index (χ1v) is 9.17. The zero-order chi connectivity index (χ0) is 18.5. The minimum absolute atomic E-state index is 0.259. The molecule has 4 rings (SSSR count). The van der Waals surface area contributed by atoms with E-state index < -0.39 is 0 Å². The predicted octanol–water partition coefficient (Wildman–Crippen LogP) is 2.83. The fraction of sp³-hybridized carbons (Fsp3) is 0.111. The van der Waals surface area contributed by atoms with E-state index in [9.17, 15) is 4.79 Å². The van der Waals surface area contributed by atoms with Crippen LogP contribution in [0, 0.1) is 0 Å². The Hall–Kier alpha value is -3.46. The van der Waals surface area contributed by atoms with Crippen LogP contribution >= 0.6 is 11.3 Å². The summed E-state index contributed by atoms with van der Waals surface area (Å²) in [6.45, 7) is 0.931. The summed E-state index contributed by atoms with van der Waals surface area (Å²) < 4.78 is 7.09. The van der Waals surface area contributed by atoms with Crippen molar-refractivity contribution in [2.24, 2.45) is 0 Å². The van der Waals surface area contributed by atoms with E-state index in [2.05, 4.69) is 26.0 Å². The van der Waals surface area contributed by atoms with E-state index in [1.807, 2.05) is 58.7 Å². The maximum absolute atomic E-state index is 12.1. The maximum atomic E-state index is 12.1. The molecular formula is C18H16N6O2S. The topological polar surface area (TPSA) is 97.9 Å². The quantitative estimate of drug-likeness (QED) is 0.479. The van der Waals surface area contributed by atoms with Crippen LogP contribution in [-0.2, 0) is 0 Å². The number of rotatable bonds is 7. The van der Waals surface area contributed by atoms with Crippen molar-refractivity contribution in [2.75, 3.05) is 18.4 Å². The van der Waals surface area contributed by atoms with Gasteiger partial charge >= 0.3 is 0 Å². The van der Waals surface area contributed by atoms with Crippen molar-refractivity contribution in [2.45, 2.75) is 0 Å². The van der Waals surface area contributed by atoms with E-state index in [0.717, 1.165) is 10.7 Å². The van der Waals surface area contributed by atoms with Crippen molar-refractivity contribution in [3.63, 3.8) is 0 Å². The van der Waals surface area contributed by atoms with E-state index in [0.29, 0.717) is 24.7 Å². The molecule has 27 heavy (non-hydrogen) atoms. The first-order valence-electron chi connectivity index (χ1n) is 8.29. The van der Waals surface area contributed by atoms with Crippen LogP contribution in [0.25, 0.3) is 16.5 Å². The van der Waals surface area contributed by atoms with E-state index in [1.165, 1.54) is 11.3 Å². The van der Waals surface area contributed by atoms with Crippen molar-refractivity contribution in [3.8, 4) is 16.5 Å². The second kappa shape index (κ2) is 7.83. The van der Waals surface area contributed by atoms with Crippen LogP contribution in [0.2, 0.25) is 0 Å². The van der Waals surface area contributed by atoms with Crippen molar-refractivity contribution in [3.05, 3.63) is 65.9 Å². The monoisotopic (exact) mass is 380 g/mol. The van der Waals surface area contributed by atoms with E-state index in [-0.39, 0.29) is 11.6 Å². The number of anilines is 1. The summed E-state index contributed by atoms with van der Waals surface area (Å²) in [5.74, 6) is 1.69. The highest BCUT2D eigenvalue weighted by molar-refractivity contribution is 7.13. The van der Waals surface area contributed by atoms with Crippen LogP contribution in [0.1, 0.15) is 10.5 Å². The number of nitrogens with one attached hydrogen (secondary N) is 2. The number of nitrogens with zero attached hydrogens (tertiary/aromatic N) is 4. The van der Waals surface area contributed by atoms with Gasteiger partial charge < -0.3 is 19.7 Å². The van der Waals surface area contributed by atoms with Gasteiger partial charge in [-0.25, -0.2) is 0 Å². The van der Waals surface area contributed by atoms with Crippen molar-refractivity contribution in [1.82, 2.24) is 25.2 Å². The lowest BCUT2D eigenvalue weighted by molar-refractivity contribution is 0.0946. The van der Waals surface area contributed by atoms with Crippen LogP contribution in [0.4, 0.5) is 5.82 Å². The number of carbonyl (C=O) groups excluding carboxylic acids is 1. The lowest BCUT2D eigenvalue weighted by Gasteiger charge is -2.06. The Morgan fingerprint density at radius 3 is 2.74 bits per heavy atom. The van der Waals surface area contributed by atoms with E-state index in [1.54, 1.807) is 6.07 Å². The zero-order valence-corrected chi connectivity index (χ0v) is 15.0. The molecule has 0 saturated heterocycles. The van der Waals surface area contributed by atoms with Gasteiger partial charge in [-0.15, -0.1) is 21.5 Å². The molecule has 4 heterocycles. The molecule has 0 aliphatic carbocycles. The Kier molecular flexibility index (Phi) is 4.93. The van der Waals surface area contributed by atoms with Crippen LogP contribution in [0.3, 0.4) is 0 Å². The van der Waals surface area contributed by atoms with E-state index >= 15 is 0 Å². The van der Waals surface area contributed by atoms with Crippen molar-refractivity contribution in [1.29, 1.82) is 0 Å². The molecule has 136 valence electrons. The average Bonchev–Trinajstić information content (AvgIpc) is 3.47. The maximum Gasteiger partial charge on any atom is 0.273 e. The third-order valence-corrected chi connectivity index (χ3v) is 4.63. The molecular weight excluding hydrogens is 364 g/mol. The first-order chi connectivity index (χ1) is 13.3. The van der Waals surface area contributed by atoms with Gasteiger partial charge in [0.15, 0.2) is 17.3 Å². The van der Waals surface area contributed by atoms with Gasteiger partial charge in [-0.3, -0.25) is 4.79 Å². The van der Waals surface area contributed by atoms with Gasteiger partial charge in [0, 0.05) is 31.5 Å². The second-order valence-corrected chi connectivity index (χ2v) is 6.55. The van der Waals surface area contributed by atoms with Crippen LogP contribution in [0.5, 0.6) is 0 Å². The fourth-order valence-corrected chi connectivity index (χ4v) is 3.09. The third-order valence-electron chi connectivity index (χ3n) is 3.74. The largest absolute Gasteiger partial charge is 0.367 e. The highest BCUT2D eigenvalue weighted by atomic mass is 32.1. The summed E-state index contributed by atoms with van der Waals surface area (Å²) in [6.07, 6.45) is 3.81. The lowest BCUT2D eigenvalue weighted by atomic mass is 10.3. The summed E-state index contributed by atoms with van der Waals surface area (Å²) in [5, 5.41) is 19.9. The molecule has 0 aliphatic rings. The van der Waals surface area contributed by atoms with Gasteiger partial charge in [-0.1, -0.05) is 11.2 Å². The molecule has 0 unspecified atom stereocenters. The molecule has 0 bridgehead atoms. The third kappa shape index (κ3) is 4.04. The molecule has 9 heteroatoms. The molecule has 0 radical (unpaired) electrons. The fourth-order valence-electron chi connectivity index (χ4n) is 2.42. The molecule has 4 aromatic heterocycles. The van der Waals surface area contributed by atoms with Gasteiger partial charge in [0.1, 0.15) is 5.82 Å². The van der Waals surface area contributed by atoms with Crippen LogP contribution in [0.15, 0.2) is 64.8 Å². The van der Waals surface area contributed by atoms with Crippen LogP contribution in [-0.4, -0.2) is 38.9 Å². The highest BCUT2D eigenvalue weighted by Crippen LogP contribution is 2.24. The predicted molar refractivity (Wildman–Crippen MR) is 102 cm³/mol. The number of hydrogen-bond acceptors (Lipinski definition) is 7. The number of aromatic nitrogens is 4. The Morgan fingerprint density at radius 2 is 2.00 bits per heavy atom. The van der Waals surface area contributed by atoms with Gasteiger partial charge in [0.05, 0.1) is 4.88 Å². The molecule has 0 atom stereocenters. The summed E-state index contributed by atoms with van der Waals surface area (Å²) in [4.78, 5) is 13.1. The zero-order valence-electron chi connectivity index (χ0n) is 14.2. The molecule has 0 aromatic carbocycles. The summed E-state index contributed by atoms with van der Waals surface area (Å²) in [5.41, 5.74) is 0.259. The second-order valence-electron chi connectivity index (χ2n) is 5.60. The Bertz CT molecular complexity index is 993. The summed E-state index contributed by atoms with van der Waals surface area (Å²) in [6, 6.07) is 13.0. The molecule has 1 amide bonds. The Morgan fingerprint density at radius 1 is 1.11 bits per heavy atom. The molecule has 8 nitrogen and oxygen atoms in total. The van der Waals surface area contributed by atoms with Gasteiger partial charge in [0.25, 0.3) is 5.91 Å².